The minimum Gasteiger partial charge on any atom is -0.323 e. The van der Waals surface area contributed by atoms with Gasteiger partial charge < -0.3 is 5.32 Å². The second-order valence-corrected chi connectivity index (χ2v) is 5.86. The molecule has 0 bridgehead atoms. The highest BCUT2D eigenvalue weighted by atomic mass is 32.2. The predicted octanol–water partition coefficient (Wildman–Crippen LogP) is 3.87. The Balaban J connectivity index is 1.57. The minimum absolute atomic E-state index is 0.0742. The second kappa shape index (κ2) is 7.56. The SMILES string of the molecule is O=C(CSc1ccccc1)Nc1cnc(-c2ccccc2)nc1. The summed E-state index contributed by atoms with van der Waals surface area (Å²) in [6, 6.07) is 19.6. The van der Waals surface area contributed by atoms with Gasteiger partial charge in [0.05, 0.1) is 23.8 Å². The predicted molar refractivity (Wildman–Crippen MR) is 93.3 cm³/mol. The van der Waals surface area contributed by atoms with Crippen LogP contribution >= 0.6 is 11.8 Å². The first-order valence-corrected chi connectivity index (χ1v) is 8.15. The Kier molecular flexibility index (Phi) is 5.01. The second-order valence-electron chi connectivity index (χ2n) is 4.81. The number of hydrogen-bond acceptors (Lipinski definition) is 4. The minimum atomic E-state index is -0.0742. The van der Waals surface area contributed by atoms with Gasteiger partial charge >= 0.3 is 0 Å². The normalized spacial score (nSPS) is 10.3. The number of thioether (sulfide) groups is 1. The molecule has 1 heterocycles. The largest absolute Gasteiger partial charge is 0.323 e. The van der Waals surface area contributed by atoms with Gasteiger partial charge in [-0.05, 0) is 12.1 Å². The lowest BCUT2D eigenvalue weighted by Crippen LogP contribution is -2.14. The summed E-state index contributed by atoms with van der Waals surface area (Å²) in [5.74, 6) is 0.918. The summed E-state index contributed by atoms with van der Waals surface area (Å²) in [6.07, 6.45) is 3.25. The van der Waals surface area contributed by atoms with Gasteiger partial charge in [0.15, 0.2) is 5.82 Å². The zero-order valence-corrected chi connectivity index (χ0v) is 13.2. The Morgan fingerprint density at radius 1 is 0.913 bits per heavy atom. The maximum absolute atomic E-state index is 12.0. The summed E-state index contributed by atoms with van der Waals surface area (Å²) in [5.41, 5.74) is 1.55. The first kappa shape index (κ1) is 15.2. The van der Waals surface area contributed by atoms with Crippen LogP contribution in [0.4, 0.5) is 5.69 Å². The van der Waals surface area contributed by atoms with E-state index in [1.807, 2.05) is 60.7 Å². The molecule has 0 aliphatic carbocycles. The number of carbonyl (C=O) groups is 1. The van der Waals surface area contributed by atoms with E-state index >= 15 is 0 Å². The molecule has 4 nitrogen and oxygen atoms in total. The fourth-order valence-electron chi connectivity index (χ4n) is 1.99. The van der Waals surface area contributed by atoms with Crippen molar-refractivity contribution in [3.63, 3.8) is 0 Å². The van der Waals surface area contributed by atoms with Gasteiger partial charge in [-0.1, -0.05) is 48.5 Å². The third kappa shape index (κ3) is 4.40. The number of nitrogens with one attached hydrogen (secondary N) is 1. The van der Waals surface area contributed by atoms with Crippen LogP contribution in [0, 0.1) is 0 Å². The van der Waals surface area contributed by atoms with E-state index in [0.717, 1.165) is 10.5 Å². The van der Waals surface area contributed by atoms with Crippen molar-refractivity contribution in [1.29, 1.82) is 0 Å². The quantitative estimate of drug-likeness (QED) is 0.725. The molecule has 0 spiro atoms. The van der Waals surface area contributed by atoms with Gasteiger partial charge in [0.2, 0.25) is 5.91 Å². The molecule has 1 amide bonds. The Morgan fingerprint density at radius 3 is 2.17 bits per heavy atom. The number of benzene rings is 2. The summed E-state index contributed by atoms with van der Waals surface area (Å²) in [7, 11) is 0. The lowest BCUT2D eigenvalue weighted by molar-refractivity contribution is -0.113. The average Bonchev–Trinajstić information content (AvgIpc) is 2.62. The molecule has 5 heteroatoms. The molecular formula is C18H15N3OS. The summed E-state index contributed by atoms with van der Waals surface area (Å²) in [6.45, 7) is 0. The van der Waals surface area contributed by atoms with Crippen LogP contribution in [0.25, 0.3) is 11.4 Å². The van der Waals surface area contributed by atoms with Crippen LogP contribution in [-0.2, 0) is 4.79 Å². The van der Waals surface area contributed by atoms with Crippen LogP contribution in [0.5, 0.6) is 0 Å². The maximum atomic E-state index is 12.0. The van der Waals surface area contributed by atoms with Gasteiger partial charge in [0.25, 0.3) is 0 Å². The van der Waals surface area contributed by atoms with Gasteiger partial charge in [0.1, 0.15) is 0 Å². The number of anilines is 1. The Bertz CT molecular complexity index is 761. The van der Waals surface area contributed by atoms with Crippen LogP contribution < -0.4 is 5.32 Å². The van der Waals surface area contributed by atoms with E-state index in [9.17, 15) is 4.79 Å². The van der Waals surface area contributed by atoms with Gasteiger partial charge in [-0.15, -0.1) is 11.8 Å². The van der Waals surface area contributed by atoms with Crippen molar-refractivity contribution in [3.8, 4) is 11.4 Å². The molecule has 0 radical (unpaired) electrons. The molecule has 3 aromatic rings. The molecule has 23 heavy (non-hydrogen) atoms. The summed E-state index contributed by atoms with van der Waals surface area (Å²) in [5, 5.41) is 2.81. The Labute approximate surface area is 139 Å². The van der Waals surface area contributed by atoms with Crippen LogP contribution in [0.3, 0.4) is 0 Å². The van der Waals surface area contributed by atoms with E-state index in [0.29, 0.717) is 17.3 Å². The monoisotopic (exact) mass is 321 g/mol. The van der Waals surface area contributed by atoms with Gasteiger partial charge in [0, 0.05) is 10.5 Å². The third-order valence-electron chi connectivity index (χ3n) is 3.08. The van der Waals surface area contributed by atoms with E-state index in [2.05, 4.69) is 15.3 Å². The van der Waals surface area contributed by atoms with Crippen molar-refractivity contribution in [2.45, 2.75) is 4.90 Å². The van der Waals surface area contributed by atoms with Crippen molar-refractivity contribution in [2.24, 2.45) is 0 Å². The summed E-state index contributed by atoms with van der Waals surface area (Å²) < 4.78 is 0. The van der Waals surface area contributed by atoms with E-state index < -0.39 is 0 Å². The molecule has 1 aromatic heterocycles. The molecule has 3 rings (SSSR count). The molecule has 0 fully saturated rings. The number of amides is 1. The lowest BCUT2D eigenvalue weighted by Gasteiger charge is -2.05. The van der Waals surface area contributed by atoms with Crippen LogP contribution in [0.2, 0.25) is 0 Å². The van der Waals surface area contributed by atoms with Crippen LogP contribution in [0.1, 0.15) is 0 Å². The number of rotatable bonds is 5. The fraction of sp³-hybridized carbons (Fsp3) is 0.0556. The highest BCUT2D eigenvalue weighted by Crippen LogP contribution is 2.18. The number of carbonyl (C=O) groups excluding carboxylic acids is 1. The zero-order valence-electron chi connectivity index (χ0n) is 12.3. The molecule has 0 saturated heterocycles. The number of aromatic nitrogens is 2. The van der Waals surface area contributed by atoms with Gasteiger partial charge in [-0.3, -0.25) is 4.79 Å². The Hall–Kier alpha value is -2.66. The number of nitrogens with zero attached hydrogens (tertiary/aromatic N) is 2. The first-order chi connectivity index (χ1) is 11.3. The molecule has 2 aromatic carbocycles. The van der Waals surface area contributed by atoms with E-state index in [1.54, 1.807) is 12.4 Å². The maximum Gasteiger partial charge on any atom is 0.234 e. The van der Waals surface area contributed by atoms with Crippen molar-refractivity contribution in [3.05, 3.63) is 73.1 Å². The van der Waals surface area contributed by atoms with E-state index in [1.165, 1.54) is 11.8 Å². The highest BCUT2D eigenvalue weighted by Gasteiger charge is 2.05. The molecular weight excluding hydrogens is 306 g/mol. The molecule has 0 saturated carbocycles. The highest BCUT2D eigenvalue weighted by molar-refractivity contribution is 8.00. The fourth-order valence-corrected chi connectivity index (χ4v) is 2.71. The lowest BCUT2D eigenvalue weighted by atomic mass is 10.2. The molecule has 114 valence electrons. The summed E-state index contributed by atoms with van der Waals surface area (Å²) in [4.78, 5) is 21.6. The molecule has 0 unspecified atom stereocenters. The van der Waals surface area contributed by atoms with Gasteiger partial charge in [-0.2, -0.15) is 0 Å². The van der Waals surface area contributed by atoms with Crippen molar-refractivity contribution in [2.75, 3.05) is 11.1 Å². The van der Waals surface area contributed by atoms with Crippen molar-refractivity contribution >= 4 is 23.4 Å². The van der Waals surface area contributed by atoms with E-state index in [-0.39, 0.29) is 5.91 Å². The molecule has 0 aliphatic rings. The molecule has 0 aliphatic heterocycles. The van der Waals surface area contributed by atoms with Crippen LogP contribution in [-0.4, -0.2) is 21.6 Å². The first-order valence-electron chi connectivity index (χ1n) is 7.16. The standard InChI is InChI=1S/C18H15N3OS/c22-17(13-23-16-9-5-2-6-10-16)21-15-11-19-18(20-12-15)14-7-3-1-4-8-14/h1-12H,13H2,(H,21,22). The molecule has 1 N–H and O–H groups in total. The summed E-state index contributed by atoms with van der Waals surface area (Å²) >= 11 is 1.49. The Morgan fingerprint density at radius 2 is 1.52 bits per heavy atom. The topological polar surface area (TPSA) is 54.9 Å². The number of hydrogen-bond donors (Lipinski definition) is 1. The average molecular weight is 321 g/mol. The zero-order chi connectivity index (χ0) is 15.9. The van der Waals surface area contributed by atoms with Crippen LogP contribution in [0.15, 0.2) is 78.0 Å². The smallest absolute Gasteiger partial charge is 0.234 e. The van der Waals surface area contributed by atoms with Gasteiger partial charge in [-0.25, -0.2) is 9.97 Å². The van der Waals surface area contributed by atoms with E-state index in [4.69, 9.17) is 0 Å². The van der Waals surface area contributed by atoms with Crippen molar-refractivity contribution in [1.82, 2.24) is 9.97 Å². The van der Waals surface area contributed by atoms with Crippen molar-refractivity contribution < 1.29 is 4.79 Å². The molecule has 0 atom stereocenters. The third-order valence-corrected chi connectivity index (χ3v) is 4.09.